The van der Waals surface area contributed by atoms with Crippen molar-refractivity contribution in [1.29, 1.82) is 0 Å². The maximum Gasteiger partial charge on any atom is 0.0105 e. The molecule has 1 aliphatic carbocycles. The molecule has 1 saturated heterocycles. The molecule has 2 rings (SSSR count). The lowest BCUT2D eigenvalue weighted by Crippen LogP contribution is -2.44. The highest BCUT2D eigenvalue weighted by atomic mass is 15.2. The fourth-order valence-corrected chi connectivity index (χ4v) is 4.35. The smallest absolute Gasteiger partial charge is 0.0105 e. The molecule has 0 aromatic heterocycles. The minimum absolute atomic E-state index is 0.482. The normalized spacial score (nSPS) is 36.5. The van der Waals surface area contributed by atoms with Gasteiger partial charge < -0.3 is 10.2 Å². The summed E-state index contributed by atoms with van der Waals surface area (Å²) in [5, 5.41) is 3.59. The van der Waals surface area contributed by atoms with Gasteiger partial charge >= 0.3 is 0 Å². The van der Waals surface area contributed by atoms with Crippen molar-refractivity contribution in [3.8, 4) is 0 Å². The maximum atomic E-state index is 3.59. The summed E-state index contributed by atoms with van der Waals surface area (Å²) in [6.45, 7) is 13.6. The van der Waals surface area contributed by atoms with E-state index in [0.29, 0.717) is 5.41 Å². The molecule has 0 amide bonds. The summed E-state index contributed by atoms with van der Waals surface area (Å²) in [7, 11) is 2.16. The van der Waals surface area contributed by atoms with Crippen LogP contribution in [0.5, 0.6) is 0 Å². The van der Waals surface area contributed by atoms with Gasteiger partial charge in [0.2, 0.25) is 0 Å². The van der Waals surface area contributed by atoms with Gasteiger partial charge in [-0.05, 0) is 62.4 Å². The fourth-order valence-electron chi connectivity index (χ4n) is 4.35. The lowest BCUT2D eigenvalue weighted by molar-refractivity contribution is 0.146. The van der Waals surface area contributed by atoms with Crippen LogP contribution >= 0.6 is 0 Å². The summed E-state index contributed by atoms with van der Waals surface area (Å²) in [6, 6.07) is 0.756. The van der Waals surface area contributed by atoms with E-state index >= 15 is 0 Å². The molecule has 2 heteroatoms. The van der Waals surface area contributed by atoms with Gasteiger partial charge in [-0.25, -0.2) is 0 Å². The fraction of sp³-hybridized carbons (Fsp3) is 1.00. The Bertz CT molecular complexity index is 294. The summed E-state index contributed by atoms with van der Waals surface area (Å²) in [6.07, 6.45) is 7.03. The minimum atomic E-state index is 0.482. The Morgan fingerprint density at radius 2 is 1.90 bits per heavy atom. The molecule has 0 aromatic carbocycles. The van der Waals surface area contributed by atoms with Crippen LogP contribution in [0, 0.1) is 23.2 Å². The third kappa shape index (κ3) is 3.98. The van der Waals surface area contributed by atoms with Gasteiger partial charge in [-0.3, -0.25) is 0 Å². The molecule has 1 saturated carbocycles. The first-order valence-corrected chi connectivity index (χ1v) is 8.83. The first-order valence-electron chi connectivity index (χ1n) is 8.83. The van der Waals surface area contributed by atoms with Crippen LogP contribution in [-0.4, -0.2) is 37.6 Å². The standard InChI is InChI=1S/C18H36N2/c1-6-14-7-8-17(19-5)15(11-14)12-20-10-9-16(13-20)18(2,3)4/h14-17,19H,6-13H2,1-5H3. The van der Waals surface area contributed by atoms with Crippen LogP contribution in [0.25, 0.3) is 0 Å². The van der Waals surface area contributed by atoms with Crippen molar-refractivity contribution in [2.75, 3.05) is 26.7 Å². The number of hydrogen-bond donors (Lipinski definition) is 1. The van der Waals surface area contributed by atoms with E-state index in [1.54, 1.807) is 0 Å². The summed E-state index contributed by atoms with van der Waals surface area (Å²) in [5.41, 5.74) is 0.482. The van der Waals surface area contributed by atoms with E-state index < -0.39 is 0 Å². The predicted molar refractivity (Wildman–Crippen MR) is 88.0 cm³/mol. The van der Waals surface area contributed by atoms with Gasteiger partial charge in [-0.15, -0.1) is 0 Å². The molecule has 118 valence electrons. The Kier molecular flexibility index (Phi) is 5.53. The highest BCUT2D eigenvalue weighted by molar-refractivity contribution is 4.89. The average molecular weight is 280 g/mol. The number of nitrogens with one attached hydrogen (secondary N) is 1. The van der Waals surface area contributed by atoms with E-state index in [1.807, 2.05) is 0 Å². The van der Waals surface area contributed by atoms with Gasteiger partial charge in [0, 0.05) is 19.1 Å². The van der Waals surface area contributed by atoms with Crippen LogP contribution in [0.3, 0.4) is 0 Å². The van der Waals surface area contributed by atoms with E-state index in [9.17, 15) is 0 Å². The quantitative estimate of drug-likeness (QED) is 0.843. The molecule has 1 heterocycles. The van der Waals surface area contributed by atoms with Gasteiger partial charge in [-0.2, -0.15) is 0 Å². The molecular formula is C18H36N2. The summed E-state index contributed by atoms with van der Waals surface area (Å²) < 4.78 is 0. The van der Waals surface area contributed by atoms with E-state index in [1.165, 1.54) is 51.7 Å². The monoisotopic (exact) mass is 280 g/mol. The Hall–Kier alpha value is -0.0800. The first-order chi connectivity index (χ1) is 9.44. The van der Waals surface area contributed by atoms with Crippen molar-refractivity contribution < 1.29 is 0 Å². The van der Waals surface area contributed by atoms with Crippen molar-refractivity contribution in [3.63, 3.8) is 0 Å². The van der Waals surface area contributed by atoms with Gasteiger partial charge in [0.1, 0.15) is 0 Å². The SMILES string of the molecule is CCC1CCC(NC)C(CN2CCC(C(C)(C)C)C2)C1. The molecular weight excluding hydrogens is 244 g/mol. The summed E-state index contributed by atoms with van der Waals surface area (Å²) >= 11 is 0. The molecule has 2 aliphatic rings. The molecule has 4 atom stereocenters. The number of likely N-dealkylation sites (tertiary alicyclic amines) is 1. The van der Waals surface area contributed by atoms with Crippen molar-refractivity contribution >= 4 is 0 Å². The molecule has 0 bridgehead atoms. The van der Waals surface area contributed by atoms with Crippen LogP contribution in [0.1, 0.15) is 59.8 Å². The van der Waals surface area contributed by atoms with Crippen LogP contribution in [0.2, 0.25) is 0 Å². The molecule has 0 spiro atoms. The largest absolute Gasteiger partial charge is 0.317 e. The molecule has 0 aromatic rings. The molecule has 20 heavy (non-hydrogen) atoms. The Morgan fingerprint density at radius 3 is 2.45 bits per heavy atom. The van der Waals surface area contributed by atoms with E-state index in [2.05, 4.69) is 45.0 Å². The van der Waals surface area contributed by atoms with E-state index in [0.717, 1.165) is 23.8 Å². The molecule has 2 fully saturated rings. The second-order valence-electron chi connectivity index (χ2n) is 8.35. The number of hydrogen-bond acceptors (Lipinski definition) is 2. The minimum Gasteiger partial charge on any atom is -0.317 e. The first kappa shape index (κ1) is 16.3. The Balaban J connectivity index is 1.88. The molecule has 4 unspecified atom stereocenters. The highest BCUT2D eigenvalue weighted by Gasteiger charge is 2.35. The van der Waals surface area contributed by atoms with Gasteiger partial charge in [0.25, 0.3) is 0 Å². The summed E-state index contributed by atoms with van der Waals surface area (Å²) in [4.78, 5) is 2.75. The van der Waals surface area contributed by atoms with Crippen LogP contribution in [0.4, 0.5) is 0 Å². The molecule has 2 nitrogen and oxygen atoms in total. The van der Waals surface area contributed by atoms with Crippen molar-refractivity contribution in [1.82, 2.24) is 10.2 Å². The third-order valence-corrected chi connectivity index (χ3v) is 6.03. The van der Waals surface area contributed by atoms with Crippen molar-refractivity contribution in [2.45, 2.75) is 65.8 Å². The van der Waals surface area contributed by atoms with Crippen LogP contribution in [-0.2, 0) is 0 Å². The second kappa shape index (κ2) is 6.79. The topological polar surface area (TPSA) is 15.3 Å². The highest BCUT2D eigenvalue weighted by Crippen LogP contribution is 2.36. The van der Waals surface area contributed by atoms with Gasteiger partial charge in [0.05, 0.1) is 0 Å². The maximum absolute atomic E-state index is 3.59. The third-order valence-electron chi connectivity index (χ3n) is 6.03. The van der Waals surface area contributed by atoms with Crippen LogP contribution in [0.15, 0.2) is 0 Å². The second-order valence-corrected chi connectivity index (χ2v) is 8.35. The van der Waals surface area contributed by atoms with E-state index in [-0.39, 0.29) is 0 Å². The number of rotatable bonds is 4. The van der Waals surface area contributed by atoms with Crippen LogP contribution < -0.4 is 5.32 Å². The van der Waals surface area contributed by atoms with E-state index in [4.69, 9.17) is 0 Å². The Labute approximate surface area is 126 Å². The molecule has 0 radical (unpaired) electrons. The zero-order valence-corrected chi connectivity index (χ0v) is 14.4. The lowest BCUT2D eigenvalue weighted by atomic mass is 9.76. The number of nitrogens with zero attached hydrogens (tertiary/aromatic N) is 1. The zero-order chi connectivity index (χ0) is 14.8. The molecule has 1 aliphatic heterocycles. The van der Waals surface area contributed by atoms with Gasteiger partial charge in [-0.1, -0.05) is 34.1 Å². The lowest BCUT2D eigenvalue weighted by Gasteiger charge is -2.38. The van der Waals surface area contributed by atoms with Gasteiger partial charge in [0.15, 0.2) is 0 Å². The zero-order valence-electron chi connectivity index (χ0n) is 14.4. The van der Waals surface area contributed by atoms with Crippen molar-refractivity contribution in [3.05, 3.63) is 0 Å². The average Bonchev–Trinajstić information content (AvgIpc) is 2.87. The van der Waals surface area contributed by atoms with Crippen molar-refractivity contribution in [2.24, 2.45) is 23.2 Å². The predicted octanol–water partition coefficient (Wildman–Crippen LogP) is 3.77. The Morgan fingerprint density at radius 1 is 1.15 bits per heavy atom. The summed E-state index contributed by atoms with van der Waals surface area (Å²) in [5.74, 6) is 2.74. The molecule has 1 N–H and O–H groups in total.